The number of hydrogen-bond donors (Lipinski definition) is 1. The van der Waals surface area contributed by atoms with Crippen LogP contribution in [0.5, 0.6) is 0 Å². The fourth-order valence-electron chi connectivity index (χ4n) is 8.11. The lowest BCUT2D eigenvalue weighted by Gasteiger charge is -2.43. The van der Waals surface area contributed by atoms with Crippen LogP contribution in [0.15, 0.2) is 66.7 Å². The second-order valence-electron chi connectivity index (χ2n) is 15.9. The molecular weight excluding hydrogens is 713 g/mol. The van der Waals surface area contributed by atoms with Crippen molar-refractivity contribution in [3.63, 3.8) is 0 Å². The van der Waals surface area contributed by atoms with E-state index in [0.29, 0.717) is 60.4 Å². The average Bonchev–Trinajstić information content (AvgIpc) is 3.62. The largest absolute Gasteiger partial charge is 0.444 e. The van der Waals surface area contributed by atoms with Crippen molar-refractivity contribution in [3.8, 4) is 0 Å². The van der Waals surface area contributed by atoms with Gasteiger partial charge in [0, 0.05) is 62.8 Å². The molecule has 3 aromatic rings. The van der Waals surface area contributed by atoms with E-state index in [0.717, 1.165) is 23.1 Å². The molecule has 10 nitrogen and oxygen atoms in total. The van der Waals surface area contributed by atoms with Gasteiger partial charge in [-0.3, -0.25) is 19.3 Å². The number of hydrogen-bond acceptors (Lipinski definition) is 6. The molecule has 6 rings (SSSR count). The molecular formula is C41H49Cl2N5O5. The fourth-order valence-corrected chi connectivity index (χ4v) is 8.42. The summed E-state index contributed by atoms with van der Waals surface area (Å²) in [5.41, 5.74) is 3.15. The zero-order chi connectivity index (χ0) is 38.2. The summed E-state index contributed by atoms with van der Waals surface area (Å²) >= 11 is 12.7. The molecule has 3 heterocycles. The number of carbonyl (C=O) groups excluding carboxylic acids is 4. The molecule has 3 aliphatic rings. The van der Waals surface area contributed by atoms with Gasteiger partial charge in [-0.05, 0) is 83.4 Å². The normalized spacial score (nSPS) is 22.2. The molecule has 3 saturated heterocycles. The lowest BCUT2D eigenvalue weighted by molar-refractivity contribution is -0.139. The van der Waals surface area contributed by atoms with Crippen molar-refractivity contribution >= 4 is 47.0 Å². The summed E-state index contributed by atoms with van der Waals surface area (Å²) in [6.07, 6.45) is 0.405. The van der Waals surface area contributed by atoms with Crippen LogP contribution in [0.2, 0.25) is 10.0 Å². The number of piperazine rings is 2. The third-order valence-electron chi connectivity index (χ3n) is 10.5. The van der Waals surface area contributed by atoms with Gasteiger partial charge < -0.3 is 24.8 Å². The maximum absolute atomic E-state index is 14.1. The minimum Gasteiger partial charge on any atom is -0.444 e. The SMILES string of the molecule is Cc1cc(C)cc(C(=O)N2CCN(C(=O)CCN3C[C@H]4C[C@@]3(C)CN4C(=O)[C@H](NC(=O)OC(C)(C)C)c3ccccc3)[C@H](c3ccc(Cl)c(Cl)c3)C2)c1. The van der Waals surface area contributed by atoms with E-state index >= 15 is 0 Å². The first kappa shape index (κ1) is 38.6. The summed E-state index contributed by atoms with van der Waals surface area (Å²) in [6.45, 7) is 14.2. The van der Waals surface area contributed by atoms with Gasteiger partial charge in [0.25, 0.3) is 5.91 Å². The second-order valence-corrected chi connectivity index (χ2v) is 16.7. The molecule has 4 amide bonds. The maximum atomic E-state index is 14.1. The molecule has 0 aliphatic carbocycles. The summed E-state index contributed by atoms with van der Waals surface area (Å²) in [5.74, 6) is -0.251. The van der Waals surface area contributed by atoms with E-state index in [2.05, 4.69) is 17.1 Å². The van der Waals surface area contributed by atoms with Gasteiger partial charge in [0.2, 0.25) is 11.8 Å². The van der Waals surface area contributed by atoms with Gasteiger partial charge in [-0.25, -0.2) is 4.79 Å². The number of likely N-dealkylation sites (tertiary alicyclic amines) is 2. The predicted octanol–water partition coefficient (Wildman–Crippen LogP) is 6.97. The monoisotopic (exact) mass is 761 g/mol. The number of alkyl carbamates (subject to hydrolysis) is 1. The van der Waals surface area contributed by atoms with Gasteiger partial charge in [0.1, 0.15) is 11.6 Å². The predicted molar refractivity (Wildman–Crippen MR) is 206 cm³/mol. The number of carbonyl (C=O) groups is 4. The van der Waals surface area contributed by atoms with Crippen molar-refractivity contribution in [2.45, 2.75) is 83.6 Å². The smallest absolute Gasteiger partial charge is 0.408 e. The van der Waals surface area contributed by atoms with Crippen LogP contribution >= 0.6 is 23.2 Å². The maximum Gasteiger partial charge on any atom is 0.408 e. The molecule has 3 aromatic carbocycles. The van der Waals surface area contributed by atoms with Crippen LogP contribution in [0, 0.1) is 13.8 Å². The van der Waals surface area contributed by atoms with Crippen LogP contribution in [-0.2, 0) is 14.3 Å². The third kappa shape index (κ3) is 8.66. The van der Waals surface area contributed by atoms with Crippen molar-refractivity contribution in [2.24, 2.45) is 0 Å². The van der Waals surface area contributed by atoms with Crippen LogP contribution in [0.3, 0.4) is 0 Å². The highest BCUT2D eigenvalue weighted by molar-refractivity contribution is 6.42. The first-order chi connectivity index (χ1) is 25.0. The Morgan fingerprint density at radius 3 is 2.23 bits per heavy atom. The highest BCUT2D eigenvalue weighted by Crippen LogP contribution is 2.41. The Labute approximate surface area is 322 Å². The Morgan fingerprint density at radius 1 is 0.906 bits per heavy atom. The molecule has 12 heteroatoms. The number of ether oxygens (including phenoxy) is 1. The van der Waals surface area contributed by atoms with Crippen molar-refractivity contribution in [1.82, 2.24) is 24.9 Å². The van der Waals surface area contributed by atoms with Crippen LogP contribution in [0.25, 0.3) is 0 Å². The lowest BCUT2D eigenvalue weighted by Crippen LogP contribution is -2.57. The van der Waals surface area contributed by atoms with E-state index in [9.17, 15) is 19.2 Å². The standard InChI is InChI=1S/C41H49Cl2N5O5/c1-26-18-27(2)20-30(19-26)37(50)45-16-17-47(34(24-45)29-12-13-32(42)33(43)21-29)35(49)14-15-46-23-31-22-41(46,6)25-48(31)38(51)36(28-10-8-7-9-11-28)44-39(52)53-40(3,4)5/h7-13,18-21,31,34,36H,14-17,22-25H2,1-6H3,(H,44,52)/t31-,34+,36-,41+/m1/s1. The van der Waals surface area contributed by atoms with E-state index in [1.165, 1.54) is 0 Å². The number of rotatable bonds is 8. The molecule has 3 fully saturated rings. The third-order valence-corrected chi connectivity index (χ3v) is 11.3. The molecule has 1 N–H and O–H groups in total. The molecule has 53 heavy (non-hydrogen) atoms. The van der Waals surface area contributed by atoms with Crippen LogP contribution in [0.4, 0.5) is 4.79 Å². The molecule has 3 aliphatic heterocycles. The summed E-state index contributed by atoms with van der Waals surface area (Å²) in [5, 5.41) is 3.64. The lowest BCUT2D eigenvalue weighted by atomic mass is 9.99. The topological polar surface area (TPSA) is 103 Å². The summed E-state index contributed by atoms with van der Waals surface area (Å²) in [6, 6.07) is 19.1. The van der Waals surface area contributed by atoms with Crippen LogP contribution in [-0.4, -0.2) is 99.9 Å². The Morgan fingerprint density at radius 2 is 1.60 bits per heavy atom. The second kappa shape index (κ2) is 15.3. The van der Waals surface area contributed by atoms with Gasteiger partial charge in [0.05, 0.1) is 16.1 Å². The zero-order valence-corrected chi connectivity index (χ0v) is 32.8. The molecule has 2 bridgehead atoms. The molecule has 4 atom stereocenters. The van der Waals surface area contributed by atoms with Gasteiger partial charge in [-0.1, -0.05) is 76.8 Å². The van der Waals surface area contributed by atoms with E-state index < -0.39 is 23.8 Å². The number of nitrogens with zero attached hydrogens (tertiary/aromatic N) is 4. The minimum absolute atomic E-state index is 0.00965. The van der Waals surface area contributed by atoms with Crippen LogP contribution < -0.4 is 5.32 Å². The first-order valence-corrected chi connectivity index (χ1v) is 19.0. The zero-order valence-electron chi connectivity index (χ0n) is 31.3. The number of fused-ring (bicyclic) bond motifs is 2. The number of halogens is 2. The minimum atomic E-state index is -0.886. The molecule has 0 saturated carbocycles. The van der Waals surface area contributed by atoms with E-state index in [1.807, 2.05) is 83.1 Å². The number of nitrogens with one attached hydrogen (secondary N) is 1. The van der Waals surface area contributed by atoms with E-state index in [1.54, 1.807) is 32.9 Å². The van der Waals surface area contributed by atoms with Gasteiger partial charge in [-0.15, -0.1) is 0 Å². The molecule has 0 radical (unpaired) electrons. The molecule has 0 aromatic heterocycles. The van der Waals surface area contributed by atoms with Crippen molar-refractivity contribution in [2.75, 3.05) is 39.3 Å². The summed E-state index contributed by atoms with van der Waals surface area (Å²) < 4.78 is 5.50. The Balaban J connectivity index is 1.13. The fraction of sp³-hybridized carbons (Fsp3) is 0.463. The first-order valence-electron chi connectivity index (χ1n) is 18.2. The summed E-state index contributed by atoms with van der Waals surface area (Å²) in [7, 11) is 0. The quantitative estimate of drug-likeness (QED) is 0.266. The highest BCUT2D eigenvalue weighted by Gasteiger charge is 2.54. The Kier molecular flexibility index (Phi) is 11.2. The summed E-state index contributed by atoms with van der Waals surface area (Å²) in [4.78, 5) is 62.6. The van der Waals surface area contributed by atoms with E-state index in [4.69, 9.17) is 27.9 Å². The van der Waals surface area contributed by atoms with Crippen LogP contribution in [0.1, 0.15) is 85.2 Å². The number of amides is 4. The van der Waals surface area contributed by atoms with Crippen molar-refractivity contribution in [1.29, 1.82) is 0 Å². The Hall–Kier alpha value is -4.12. The van der Waals surface area contributed by atoms with E-state index in [-0.39, 0.29) is 35.7 Å². The Bertz CT molecular complexity index is 1860. The van der Waals surface area contributed by atoms with Gasteiger partial charge >= 0.3 is 6.09 Å². The molecule has 0 unspecified atom stereocenters. The van der Waals surface area contributed by atoms with Crippen molar-refractivity contribution in [3.05, 3.63) is 105 Å². The number of benzene rings is 3. The molecule has 0 spiro atoms. The number of aryl methyl sites for hydroxylation is 2. The van der Waals surface area contributed by atoms with Gasteiger partial charge in [-0.2, -0.15) is 0 Å². The van der Waals surface area contributed by atoms with Crippen molar-refractivity contribution < 1.29 is 23.9 Å². The average molecular weight is 763 g/mol. The molecule has 282 valence electrons. The highest BCUT2D eigenvalue weighted by atomic mass is 35.5. The van der Waals surface area contributed by atoms with Gasteiger partial charge in [0.15, 0.2) is 0 Å².